The molecule has 4 N–H and O–H groups in total. The maximum atomic E-state index is 12.5. The van der Waals surface area contributed by atoms with E-state index in [1.165, 1.54) is 0 Å². The first kappa shape index (κ1) is 21.2. The van der Waals surface area contributed by atoms with Gasteiger partial charge in [-0.3, -0.25) is 14.6 Å². The van der Waals surface area contributed by atoms with E-state index in [0.29, 0.717) is 0 Å². The number of aromatic nitrogens is 3. The number of nitrogens with zero attached hydrogens (tertiary/aromatic N) is 2. The van der Waals surface area contributed by atoms with E-state index < -0.39 is 5.91 Å². The van der Waals surface area contributed by atoms with Crippen molar-refractivity contribution < 1.29 is 9.59 Å². The van der Waals surface area contributed by atoms with Gasteiger partial charge in [0.25, 0.3) is 0 Å². The van der Waals surface area contributed by atoms with Gasteiger partial charge in [0.15, 0.2) is 0 Å². The van der Waals surface area contributed by atoms with E-state index in [1.54, 1.807) is 12.4 Å². The van der Waals surface area contributed by atoms with Crippen molar-refractivity contribution in [2.45, 2.75) is 32.7 Å². The van der Waals surface area contributed by atoms with E-state index in [9.17, 15) is 9.59 Å². The first-order valence-electron chi connectivity index (χ1n) is 10.7. The van der Waals surface area contributed by atoms with Crippen LogP contribution in [0.4, 0.5) is 0 Å². The van der Waals surface area contributed by atoms with Crippen LogP contribution >= 0.6 is 0 Å². The van der Waals surface area contributed by atoms with E-state index in [0.717, 1.165) is 44.7 Å². The molecular weight excluding hydrogens is 402 g/mol. The summed E-state index contributed by atoms with van der Waals surface area (Å²) in [5.74, 6) is 0.0612. The largest absolute Gasteiger partial charge is 0.370 e. The van der Waals surface area contributed by atoms with Crippen LogP contribution in [0.1, 0.15) is 43.9 Å². The van der Waals surface area contributed by atoms with Crippen LogP contribution in [-0.2, 0) is 9.59 Å². The average Bonchev–Trinajstić information content (AvgIpc) is 3.39. The fourth-order valence-corrected chi connectivity index (χ4v) is 4.06. The maximum absolute atomic E-state index is 12.5. The molecule has 1 atom stereocenters. The second-order valence-electron chi connectivity index (χ2n) is 7.30. The van der Waals surface area contributed by atoms with Gasteiger partial charge in [0.05, 0.1) is 23.3 Å². The highest BCUT2D eigenvalue weighted by atomic mass is 16.2. The summed E-state index contributed by atoms with van der Waals surface area (Å²) in [6.07, 6.45) is 3.57. The topological polar surface area (TPSA) is 114 Å². The molecule has 0 radical (unpaired) electrons. The van der Waals surface area contributed by atoms with Gasteiger partial charge in [-0.25, -0.2) is 4.98 Å². The SMILES string of the molecule is CC.NC(=O)CCC(=O)NC1c2ccccc2-c2c(-c3nc4ccncc4[nH]3)cccc21. The lowest BCUT2D eigenvalue weighted by Gasteiger charge is -2.16. The lowest BCUT2D eigenvalue weighted by atomic mass is 9.99. The van der Waals surface area contributed by atoms with Crippen LogP contribution in [0.15, 0.2) is 60.9 Å². The highest BCUT2D eigenvalue weighted by molar-refractivity contribution is 5.93. The Morgan fingerprint density at radius 3 is 2.53 bits per heavy atom. The van der Waals surface area contributed by atoms with Gasteiger partial charge in [-0.05, 0) is 28.3 Å². The predicted octanol–water partition coefficient (Wildman–Crippen LogP) is 4.10. The Balaban J connectivity index is 0.00000119. The zero-order valence-corrected chi connectivity index (χ0v) is 18.1. The number of aromatic amines is 1. The number of pyridine rings is 1. The fourth-order valence-electron chi connectivity index (χ4n) is 4.06. The molecule has 1 aliphatic carbocycles. The van der Waals surface area contributed by atoms with Crippen molar-refractivity contribution >= 4 is 22.8 Å². The summed E-state index contributed by atoms with van der Waals surface area (Å²) in [6.45, 7) is 4.00. The van der Waals surface area contributed by atoms with Crippen LogP contribution in [0.5, 0.6) is 0 Å². The first-order valence-corrected chi connectivity index (χ1v) is 10.7. The first-order chi connectivity index (χ1) is 15.6. The number of hydrogen-bond donors (Lipinski definition) is 3. The molecule has 2 heterocycles. The average molecular weight is 428 g/mol. The molecule has 32 heavy (non-hydrogen) atoms. The molecule has 4 aromatic rings. The number of hydrogen-bond acceptors (Lipinski definition) is 4. The Bertz CT molecular complexity index is 1260. The number of nitrogens with one attached hydrogen (secondary N) is 2. The summed E-state index contributed by atoms with van der Waals surface area (Å²) in [6, 6.07) is 15.6. The lowest BCUT2D eigenvalue weighted by Crippen LogP contribution is -2.29. The van der Waals surface area contributed by atoms with Crippen molar-refractivity contribution in [3.05, 3.63) is 72.1 Å². The highest BCUT2D eigenvalue weighted by Gasteiger charge is 2.32. The van der Waals surface area contributed by atoms with Gasteiger partial charge < -0.3 is 16.0 Å². The minimum absolute atomic E-state index is 0.0279. The zero-order valence-electron chi connectivity index (χ0n) is 18.1. The smallest absolute Gasteiger partial charge is 0.221 e. The Hall–Kier alpha value is -4.00. The predicted molar refractivity (Wildman–Crippen MR) is 125 cm³/mol. The minimum Gasteiger partial charge on any atom is -0.370 e. The molecule has 162 valence electrons. The van der Waals surface area contributed by atoms with E-state index in [2.05, 4.69) is 21.4 Å². The second-order valence-corrected chi connectivity index (χ2v) is 7.30. The number of nitrogens with two attached hydrogens (primary N) is 1. The van der Waals surface area contributed by atoms with Crippen molar-refractivity contribution in [3.8, 4) is 22.5 Å². The molecule has 1 aliphatic rings. The van der Waals surface area contributed by atoms with Gasteiger partial charge in [0.2, 0.25) is 11.8 Å². The molecule has 2 aromatic carbocycles. The Morgan fingerprint density at radius 2 is 1.75 bits per heavy atom. The number of H-pyrrole nitrogens is 1. The summed E-state index contributed by atoms with van der Waals surface area (Å²) in [4.78, 5) is 35.7. The van der Waals surface area contributed by atoms with E-state index in [1.807, 2.05) is 56.3 Å². The van der Waals surface area contributed by atoms with Crippen LogP contribution < -0.4 is 11.1 Å². The number of carbonyl (C=O) groups is 2. The van der Waals surface area contributed by atoms with Gasteiger partial charge in [-0.2, -0.15) is 0 Å². The zero-order chi connectivity index (χ0) is 22.7. The van der Waals surface area contributed by atoms with E-state index in [4.69, 9.17) is 10.7 Å². The Morgan fingerprint density at radius 1 is 1.00 bits per heavy atom. The molecular formula is C25H25N5O2. The number of imidazole rings is 1. The summed E-state index contributed by atoms with van der Waals surface area (Å²) >= 11 is 0. The van der Waals surface area contributed by atoms with Crippen LogP contribution in [0, 0.1) is 0 Å². The quantitative estimate of drug-likeness (QED) is 0.445. The molecule has 5 rings (SSSR count). The van der Waals surface area contributed by atoms with Crippen LogP contribution in [-0.4, -0.2) is 26.8 Å². The Kier molecular flexibility index (Phi) is 5.98. The third-order valence-corrected chi connectivity index (χ3v) is 5.39. The van der Waals surface area contributed by atoms with Crippen molar-refractivity contribution in [3.63, 3.8) is 0 Å². The van der Waals surface area contributed by atoms with Gasteiger partial charge in [-0.15, -0.1) is 0 Å². The normalized spacial score (nSPS) is 13.6. The van der Waals surface area contributed by atoms with Crippen LogP contribution in [0.25, 0.3) is 33.5 Å². The molecule has 1 unspecified atom stereocenters. The molecule has 0 fully saturated rings. The summed E-state index contributed by atoms with van der Waals surface area (Å²) < 4.78 is 0. The molecule has 7 heteroatoms. The molecule has 0 saturated heterocycles. The number of carbonyl (C=O) groups excluding carboxylic acids is 2. The number of primary amides is 1. The molecule has 0 bridgehead atoms. The highest BCUT2D eigenvalue weighted by Crippen LogP contribution is 2.47. The summed E-state index contributed by atoms with van der Waals surface area (Å²) in [5.41, 5.74) is 12.0. The number of amides is 2. The summed E-state index contributed by atoms with van der Waals surface area (Å²) in [7, 11) is 0. The molecule has 0 spiro atoms. The molecule has 2 aromatic heterocycles. The van der Waals surface area contributed by atoms with E-state index in [-0.39, 0.29) is 24.8 Å². The second kappa shape index (κ2) is 9.01. The molecule has 0 aliphatic heterocycles. The number of rotatable bonds is 5. The minimum atomic E-state index is -0.487. The van der Waals surface area contributed by atoms with Crippen molar-refractivity contribution in [2.75, 3.05) is 0 Å². The standard InChI is InChI=1S/C23H19N5O2.C2H6/c24-19(29)8-9-20(30)28-22-14-5-2-1-4-13(14)21-15(22)6-3-7-16(21)23-26-17-10-11-25-12-18(17)27-23;1-2/h1-7,10-12,22H,8-9H2,(H2,24,29)(H,26,27)(H,28,30);1-2H3. The molecule has 7 nitrogen and oxygen atoms in total. The van der Waals surface area contributed by atoms with Gasteiger partial charge in [0, 0.05) is 24.6 Å². The van der Waals surface area contributed by atoms with E-state index >= 15 is 0 Å². The van der Waals surface area contributed by atoms with Gasteiger partial charge in [-0.1, -0.05) is 56.3 Å². The van der Waals surface area contributed by atoms with Gasteiger partial charge in [0.1, 0.15) is 5.82 Å². The van der Waals surface area contributed by atoms with Crippen LogP contribution in [0.2, 0.25) is 0 Å². The third kappa shape index (κ3) is 3.85. The Labute approximate surface area is 186 Å². The summed E-state index contributed by atoms with van der Waals surface area (Å²) in [5, 5.41) is 3.06. The molecule has 0 saturated carbocycles. The molecule has 2 amide bonds. The third-order valence-electron chi connectivity index (χ3n) is 5.39. The monoisotopic (exact) mass is 427 g/mol. The van der Waals surface area contributed by atoms with Crippen LogP contribution in [0.3, 0.4) is 0 Å². The number of fused-ring (bicyclic) bond motifs is 4. The van der Waals surface area contributed by atoms with Crippen molar-refractivity contribution in [1.82, 2.24) is 20.3 Å². The fraction of sp³-hybridized carbons (Fsp3) is 0.200. The number of benzene rings is 2. The maximum Gasteiger partial charge on any atom is 0.221 e. The van der Waals surface area contributed by atoms with Gasteiger partial charge >= 0.3 is 0 Å². The van der Waals surface area contributed by atoms with Crippen molar-refractivity contribution in [2.24, 2.45) is 5.73 Å². The van der Waals surface area contributed by atoms with Crippen molar-refractivity contribution in [1.29, 1.82) is 0 Å². The lowest BCUT2D eigenvalue weighted by molar-refractivity contribution is -0.125.